The van der Waals surface area contributed by atoms with Crippen molar-refractivity contribution < 1.29 is 14.0 Å². The number of nitrogens with one attached hydrogen (secondary N) is 3. The van der Waals surface area contributed by atoms with E-state index in [1.807, 2.05) is 49.4 Å². The van der Waals surface area contributed by atoms with Gasteiger partial charge in [0.15, 0.2) is 0 Å². The second kappa shape index (κ2) is 10.7. The first-order valence-electron chi connectivity index (χ1n) is 12.3. The van der Waals surface area contributed by atoms with Crippen molar-refractivity contribution in [2.75, 3.05) is 7.05 Å². The molecule has 2 atom stereocenters. The van der Waals surface area contributed by atoms with Gasteiger partial charge in [-0.05, 0) is 54.2 Å². The van der Waals surface area contributed by atoms with Crippen molar-refractivity contribution in [2.24, 2.45) is 11.7 Å². The van der Waals surface area contributed by atoms with Gasteiger partial charge in [-0.2, -0.15) is 0 Å². The van der Waals surface area contributed by atoms with E-state index in [9.17, 15) is 9.59 Å². The largest absolute Gasteiger partial charge is 0.461 e. The van der Waals surface area contributed by atoms with E-state index in [-0.39, 0.29) is 29.5 Å². The molecule has 0 radical (unpaired) electrons. The van der Waals surface area contributed by atoms with E-state index in [1.54, 1.807) is 7.05 Å². The van der Waals surface area contributed by atoms with Crippen LogP contribution in [0.4, 0.5) is 0 Å². The van der Waals surface area contributed by atoms with E-state index in [0.717, 1.165) is 51.8 Å². The van der Waals surface area contributed by atoms with Crippen molar-refractivity contribution in [3.63, 3.8) is 0 Å². The smallest absolute Gasteiger partial charge is 0.270 e. The Kier molecular flexibility index (Phi) is 7.16. The van der Waals surface area contributed by atoms with Gasteiger partial charge in [-0.15, -0.1) is 0 Å². The number of hydrogen-bond donors (Lipinski definition) is 5. The third-order valence-corrected chi connectivity index (χ3v) is 6.72. The van der Waals surface area contributed by atoms with Crippen LogP contribution in [0.2, 0.25) is 0 Å². The van der Waals surface area contributed by atoms with E-state index in [2.05, 4.69) is 26.0 Å². The molecule has 11 nitrogen and oxygen atoms in total. The van der Waals surface area contributed by atoms with E-state index >= 15 is 0 Å². The third-order valence-electron chi connectivity index (χ3n) is 6.72. The average Bonchev–Trinajstić information content (AvgIpc) is 3.49. The first kappa shape index (κ1) is 25.5. The maximum Gasteiger partial charge on any atom is 0.270 e. The fourth-order valence-electron chi connectivity index (χ4n) is 4.84. The number of nitrogens with two attached hydrogens (primary N) is 2. The lowest BCUT2D eigenvalue weighted by Gasteiger charge is -2.24. The lowest BCUT2D eigenvalue weighted by Crippen LogP contribution is -2.43. The minimum Gasteiger partial charge on any atom is -0.461 e. The first-order chi connectivity index (χ1) is 18.3. The maximum absolute atomic E-state index is 13.0. The number of aromatic nitrogens is 2. The summed E-state index contributed by atoms with van der Waals surface area (Å²) in [5, 5.41) is 8.38. The number of fused-ring (bicyclic) bond motifs is 2. The zero-order valence-corrected chi connectivity index (χ0v) is 21.2. The highest BCUT2D eigenvalue weighted by molar-refractivity contribution is 5.97. The van der Waals surface area contributed by atoms with E-state index in [1.165, 1.54) is 17.4 Å². The molecule has 196 valence electrons. The minimum absolute atomic E-state index is 0.114. The Morgan fingerprint density at radius 3 is 2.66 bits per heavy atom. The van der Waals surface area contributed by atoms with Crippen LogP contribution in [0.3, 0.4) is 0 Å². The van der Waals surface area contributed by atoms with Gasteiger partial charge in [0.05, 0.1) is 6.04 Å². The summed E-state index contributed by atoms with van der Waals surface area (Å²) in [5.41, 5.74) is 7.69. The van der Waals surface area contributed by atoms with Gasteiger partial charge in [-0.1, -0.05) is 30.3 Å². The minimum atomic E-state index is -0.399. The van der Waals surface area contributed by atoms with Gasteiger partial charge in [0.1, 0.15) is 35.2 Å². The molecule has 0 saturated carbocycles. The van der Waals surface area contributed by atoms with Gasteiger partial charge < -0.3 is 15.1 Å². The predicted molar refractivity (Wildman–Crippen MR) is 141 cm³/mol. The molecule has 2 aromatic carbocycles. The molecule has 0 saturated heterocycles. The van der Waals surface area contributed by atoms with Crippen LogP contribution in [0, 0.1) is 6.92 Å². The number of carbonyl (C=O) groups excluding carboxylic acids is 2. The Bertz CT molecular complexity index is 1500. The van der Waals surface area contributed by atoms with Crippen LogP contribution in [0.15, 0.2) is 59.3 Å². The third kappa shape index (κ3) is 5.27. The van der Waals surface area contributed by atoms with Crippen LogP contribution in [0.1, 0.15) is 67.6 Å². The topological polar surface area (TPSA) is 164 Å². The number of aryl methyl sites for hydroxylation is 2. The Morgan fingerprint density at radius 2 is 1.89 bits per heavy atom. The summed E-state index contributed by atoms with van der Waals surface area (Å²) < 4.78 is 5.66. The van der Waals surface area contributed by atoms with Crippen molar-refractivity contribution in [3.05, 3.63) is 94.3 Å². The lowest BCUT2D eigenvalue weighted by atomic mass is 10.0. The van der Waals surface area contributed by atoms with Gasteiger partial charge in [0, 0.05) is 25.0 Å². The average molecular weight is 515 g/mol. The maximum atomic E-state index is 13.0. The van der Waals surface area contributed by atoms with Crippen molar-refractivity contribution >= 4 is 22.8 Å². The highest BCUT2D eigenvalue weighted by Gasteiger charge is 2.26. The lowest BCUT2D eigenvalue weighted by molar-refractivity contribution is 0.0931. The molecule has 0 bridgehead atoms. The number of rotatable bonds is 8. The monoisotopic (exact) mass is 514 g/mol. The number of amides is 2. The molecule has 2 unspecified atom stereocenters. The Morgan fingerprint density at radius 1 is 1.11 bits per heavy atom. The second-order valence-electron chi connectivity index (χ2n) is 9.46. The van der Waals surface area contributed by atoms with Gasteiger partial charge >= 0.3 is 0 Å². The Labute approximate surface area is 219 Å². The van der Waals surface area contributed by atoms with Crippen molar-refractivity contribution in [2.45, 2.75) is 38.5 Å². The van der Waals surface area contributed by atoms with Crippen LogP contribution >= 0.6 is 0 Å². The summed E-state index contributed by atoms with van der Waals surface area (Å²) in [6.07, 6.45) is 2.46. The zero-order valence-electron chi connectivity index (χ0n) is 21.2. The molecule has 0 aliphatic heterocycles. The summed E-state index contributed by atoms with van der Waals surface area (Å²) >= 11 is 0. The molecule has 1 aliphatic rings. The van der Waals surface area contributed by atoms with Crippen LogP contribution < -0.4 is 27.7 Å². The second-order valence-corrected chi connectivity index (χ2v) is 9.46. The number of benzene rings is 2. The van der Waals surface area contributed by atoms with Crippen LogP contribution in [-0.2, 0) is 13.0 Å². The molecule has 7 N–H and O–H groups in total. The van der Waals surface area contributed by atoms with Gasteiger partial charge in [-0.3, -0.25) is 21.3 Å². The van der Waals surface area contributed by atoms with E-state index in [4.69, 9.17) is 16.1 Å². The SMILES string of the molecule is Cc1cc2ccc(CNC(=O)c3cc(C(=O)NC4CCc5cc(C(NN)N(C)N)ccc54)ncn3)cc2o1. The quantitative estimate of drug-likeness (QED) is 0.135. The fourth-order valence-corrected chi connectivity index (χ4v) is 4.84. The van der Waals surface area contributed by atoms with Gasteiger partial charge in [0.25, 0.3) is 11.8 Å². The van der Waals surface area contributed by atoms with Gasteiger partial charge in [0.2, 0.25) is 0 Å². The number of hydrogen-bond acceptors (Lipinski definition) is 9. The molecule has 2 heterocycles. The molecule has 38 heavy (non-hydrogen) atoms. The molecule has 1 aliphatic carbocycles. The summed E-state index contributed by atoms with van der Waals surface area (Å²) in [4.78, 5) is 33.9. The number of nitrogens with zero attached hydrogens (tertiary/aromatic N) is 3. The summed E-state index contributed by atoms with van der Waals surface area (Å²) in [5.74, 6) is 11.6. The molecular formula is C27H30N8O3. The van der Waals surface area contributed by atoms with Crippen LogP contribution in [0.5, 0.6) is 0 Å². The number of hydrazine groups is 2. The van der Waals surface area contributed by atoms with Crippen LogP contribution in [-0.4, -0.2) is 33.8 Å². The standard InChI is InChI=1S/C27H30N8O3/c1-15-9-18-4-3-16(10-24(18)38-15)13-30-26(36)22-12-23(32-14-31-22)27(37)33-21-8-6-17-11-19(5-7-20(17)21)25(34-28)35(2)29/h3-5,7,9-12,14,21,25,34H,6,8,13,28-29H2,1-2H3,(H,30,36)(H,33,37). The molecule has 0 spiro atoms. The zero-order chi connectivity index (χ0) is 26.8. The summed E-state index contributed by atoms with van der Waals surface area (Å²) in [6.45, 7) is 2.18. The predicted octanol–water partition coefficient (Wildman–Crippen LogP) is 2.15. The molecule has 2 aromatic heterocycles. The van der Waals surface area contributed by atoms with Crippen molar-refractivity contribution in [3.8, 4) is 0 Å². The highest BCUT2D eigenvalue weighted by Crippen LogP contribution is 2.33. The Hall–Kier alpha value is -4.16. The van der Waals surface area contributed by atoms with Crippen molar-refractivity contribution in [1.29, 1.82) is 0 Å². The molecule has 11 heteroatoms. The molecule has 5 rings (SSSR count). The normalized spacial score (nSPS) is 15.4. The molecule has 2 amide bonds. The molecular weight excluding hydrogens is 484 g/mol. The summed E-state index contributed by atoms with van der Waals surface area (Å²) in [6, 6.07) is 14.9. The van der Waals surface area contributed by atoms with Gasteiger partial charge in [-0.25, -0.2) is 20.4 Å². The van der Waals surface area contributed by atoms with E-state index in [0.29, 0.717) is 6.54 Å². The molecule has 0 fully saturated rings. The highest BCUT2D eigenvalue weighted by atomic mass is 16.3. The number of furan rings is 1. The van der Waals surface area contributed by atoms with E-state index < -0.39 is 5.91 Å². The Balaban J connectivity index is 1.23. The van der Waals surface area contributed by atoms with Crippen LogP contribution in [0.25, 0.3) is 11.0 Å². The molecule has 4 aromatic rings. The fraction of sp³-hybridized carbons (Fsp3) is 0.259. The van der Waals surface area contributed by atoms with Crippen molar-refractivity contribution in [1.82, 2.24) is 31.0 Å². The number of carbonyl (C=O) groups is 2. The first-order valence-corrected chi connectivity index (χ1v) is 12.3. The summed E-state index contributed by atoms with van der Waals surface area (Å²) in [7, 11) is 1.73.